The van der Waals surface area contributed by atoms with Gasteiger partial charge in [-0.3, -0.25) is 4.79 Å². The average molecular weight is 348 g/mol. The summed E-state index contributed by atoms with van der Waals surface area (Å²) in [5.74, 6) is 1.52. The standard InChI is InChI=1S/C18H18ClNO4/c1-22-16-7-5-13(19)11-14(16)20-9-8-15(21)12-4-6-17(23-2)18(10-12)24-3/h4-11,20H,1-3H3. The molecule has 5 nitrogen and oxygen atoms in total. The van der Waals surface area contributed by atoms with Crippen LogP contribution in [0.15, 0.2) is 48.7 Å². The molecule has 0 fully saturated rings. The van der Waals surface area contributed by atoms with Gasteiger partial charge in [-0.1, -0.05) is 11.6 Å². The Kier molecular flexibility index (Phi) is 6.09. The zero-order valence-electron chi connectivity index (χ0n) is 13.6. The maximum absolute atomic E-state index is 12.2. The van der Waals surface area contributed by atoms with Crippen molar-refractivity contribution < 1.29 is 19.0 Å². The molecule has 0 bridgehead atoms. The summed E-state index contributed by atoms with van der Waals surface area (Å²) in [5.41, 5.74) is 1.16. The third-order valence-corrected chi connectivity index (χ3v) is 3.54. The van der Waals surface area contributed by atoms with E-state index in [-0.39, 0.29) is 5.78 Å². The number of hydrogen-bond acceptors (Lipinski definition) is 5. The summed E-state index contributed by atoms with van der Waals surface area (Å²) < 4.78 is 15.6. The van der Waals surface area contributed by atoms with Crippen LogP contribution in [0.4, 0.5) is 5.69 Å². The Morgan fingerprint density at radius 3 is 2.29 bits per heavy atom. The summed E-state index contributed by atoms with van der Waals surface area (Å²) >= 11 is 5.96. The zero-order chi connectivity index (χ0) is 17.5. The van der Waals surface area contributed by atoms with Crippen LogP contribution in [0, 0.1) is 0 Å². The second-order valence-corrected chi connectivity index (χ2v) is 5.19. The van der Waals surface area contributed by atoms with Crippen LogP contribution in [0.25, 0.3) is 0 Å². The van der Waals surface area contributed by atoms with Gasteiger partial charge in [-0.05, 0) is 36.4 Å². The quantitative estimate of drug-likeness (QED) is 0.601. The lowest BCUT2D eigenvalue weighted by atomic mass is 10.1. The second kappa shape index (κ2) is 8.26. The van der Waals surface area contributed by atoms with Crippen LogP contribution >= 0.6 is 11.6 Å². The Morgan fingerprint density at radius 2 is 1.62 bits per heavy atom. The lowest BCUT2D eigenvalue weighted by molar-refractivity contribution is 0.104. The Labute approximate surface area is 145 Å². The number of anilines is 1. The Balaban J connectivity index is 2.12. The number of allylic oxidation sites excluding steroid dienone is 1. The van der Waals surface area contributed by atoms with Gasteiger partial charge < -0.3 is 19.5 Å². The van der Waals surface area contributed by atoms with Crippen LogP contribution in [0.5, 0.6) is 17.2 Å². The van der Waals surface area contributed by atoms with E-state index < -0.39 is 0 Å². The predicted molar refractivity (Wildman–Crippen MR) is 94.6 cm³/mol. The van der Waals surface area contributed by atoms with E-state index in [0.717, 1.165) is 0 Å². The van der Waals surface area contributed by atoms with Crippen molar-refractivity contribution in [2.24, 2.45) is 0 Å². The molecule has 0 aliphatic carbocycles. The number of carbonyl (C=O) groups is 1. The summed E-state index contributed by atoms with van der Waals surface area (Å²) in [6, 6.07) is 10.2. The smallest absolute Gasteiger partial charge is 0.187 e. The van der Waals surface area contributed by atoms with E-state index >= 15 is 0 Å². The molecule has 2 aromatic rings. The second-order valence-electron chi connectivity index (χ2n) is 4.76. The first-order valence-electron chi connectivity index (χ1n) is 7.12. The highest BCUT2D eigenvalue weighted by Crippen LogP contribution is 2.29. The molecule has 0 radical (unpaired) electrons. The highest BCUT2D eigenvalue weighted by molar-refractivity contribution is 6.30. The first-order valence-corrected chi connectivity index (χ1v) is 7.49. The average Bonchev–Trinajstić information content (AvgIpc) is 2.61. The molecule has 0 unspecified atom stereocenters. The molecule has 2 rings (SSSR count). The summed E-state index contributed by atoms with van der Waals surface area (Å²) in [4.78, 5) is 12.2. The van der Waals surface area contributed by atoms with Crippen LogP contribution in [0.1, 0.15) is 10.4 Å². The number of benzene rings is 2. The third-order valence-electron chi connectivity index (χ3n) is 3.30. The molecule has 0 saturated carbocycles. The number of hydrogen-bond donors (Lipinski definition) is 1. The van der Waals surface area contributed by atoms with Crippen molar-refractivity contribution >= 4 is 23.1 Å². The third kappa shape index (κ3) is 4.20. The number of methoxy groups -OCH3 is 3. The van der Waals surface area contributed by atoms with Gasteiger partial charge in [0.1, 0.15) is 5.75 Å². The fourth-order valence-corrected chi connectivity index (χ4v) is 2.26. The molecule has 24 heavy (non-hydrogen) atoms. The van der Waals surface area contributed by atoms with Crippen molar-refractivity contribution in [1.82, 2.24) is 0 Å². The topological polar surface area (TPSA) is 56.8 Å². The van der Waals surface area contributed by atoms with Gasteiger partial charge in [0.2, 0.25) is 0 Å². The van der Waals surface area contributed by atoms with Crippen molar-refractivity contribution in [1.29, 1.82) is 0 Å². The minimum absolute atomic E-state index is 0.176. The van der Waals surface area contributed by atoms with Gasteiger partial charge >= 0.3 is 0 Å². The SMILES string of the molecule is COc1ccc(Cl)cc1NC=CC(=O)c1ccc(OC)c(OC)c1. The lowest BCUT2D eigenvalue weighted by Gasteiger charge is -2.09. The summed E-state index contributed by atoms with van der Waals surface area (Å²) in [7, 11) is 4.63. The summed E-state index contributed by atoms with van der Waals surface area (Å²) in [5, 5.41) is 3.56. The molecular weight excluding hydrogens is 330 g/mol. The number of ether oxygens (including phenoxy) is 3. The maximum Gasteiger partial charge on any atom is 0.187 e. The van der Waals surface area contributed by atoms with E-state index in [1.807, 2.05) is 0 Å². The van der Waals surface area contributed by atoms with Crippen LogP contribution in [-0.2, 0) is 0 Å². The van der Waals surface area contributed by atoms with Crippen molar-refractivity contribution in [3.8, 4) is 17.2 Å². The minimum atomic E-state index is -0.176. The van der Waals surface area contributed by atoms with E-state index in [4.69, 9.17) is 25.8 Å². The van der Waals surface area contributed by atoms with E-state index in [1.165, 1.54) is 19.4 Å². The monoisotopic (exact) mass is 347 g/mol. The Morgan fingerprint density at radius 1 is 0.958 bits per heavy atom. The molecule has 0 atom stereocenters. The normalized spacial score (nSPS) is 10.5. The summed E-state index contributed by atoms with van der Waals surface area (Å²) in [6.45, 7) is 0. The molecule has 0 saturated heterocycles. The maximum atomic E-state index is 12.2. The van der Waals surface area contributed by atoms with Crippen molar-refractivity contribution in [3.05, 3.63) is 59.3 Å². The molecule has 6 heteroatoms. The fourth-order valence-electron chi connectivity index (χ4n) is 2.09. The molecule has 2 aromatic carbocycles. The number of nitrogens with one attached hydrogen (secondary N) is 1. The molecule has 0 aliphatic heterocycles. The number of ketones is 1. The molecule has 0 spiro atoms. The predicted octanol–water partition coefficient (Wildman–Crippen LogP) is 4.17. The molecular formula is C18H18ClNO4. The van der Waals surface area contributed by atoms with E-state index in [9.17, 15) is 4.79 Å². The van der Waals surface area contributed by atoms with Crippen LogP contribution in [0.3, 0.4) is 0 Å². The molecule has 1 N–H and O–H groups in total. The van der Waals surface area contributed by atoms with Crippen molar-refractivity contribution in [2.45, 2.75) is 0 Å². The van der Waals surface area contributed by atoms with Crippen molar-refractivity contribution in [2.75, 3.05) is 26.6 Å². The number of carbonyl (C=O) groups excluding carboxylic acids is 1. The molecule has 0 aromatic heterocycles. The fraction of sp³-hybridized carbons (Fsp3) is 0.167. The highest BCUT2D eigenvalue weighted by Gasteiger charge is 2.08. The van der Waals surface area contributed by atoms with E-state index in [0.29, 0.717) is 33.5 Å². The number of rotatable bonds is 7. The van der Waals surface area contributed by atoms with Gasteiger partial charge in [0.25, 0.3) is 0 Å². The molecule has 126 valence electrons. The van der Waals surface area contributed by atoms with Gasteiger partial charge in [0, 0.05) is 22.9 Å². The van der Waals surface area contributed by atoms with Gasteiger partial charge in [0.05, 0.1) is 27.0 Å². The van der Waals surface area contributed by atoms with Gasteiger partial charge in [-0.15, -0.1) is 0 Å². The van der Waals surface area contributed by atoms with Gasteiger partial charge in [0.15, 0.2) is 17.3 Å². The molecule has 0 heterocycles. The first-order chi connectivity index (χ1) is 11.6. The zero-order valence-corrected chi connectivity index (χ0v) is 14.4. The highest BCUT2D eigenvalue weighted by atomic mass is 35.5. The van der Waals surface area contributed by atoms with Crippen LogP contribution < -0.4 is 19.5 Å². The van der Waals surface area contributed by atoms with Gasteiger partial charge in [-0.25, -0.2) is 0 Å². The van der Waals surface area contributed by atoms with Crippen LogP contribution in [0.2, 0.25) is 5.02 Å². The van der Waals surface area contributed by atoms with E-state index in [2.05, 4.69) is 5.32 Å². The molecule has 0 amide bonds. The minimum Gasteiger partial charge on any atom is -0.495 e. The van der Waals surface area contributed by atoms with E-state index in [1.54, 1.807) is 50.6 Å². The molecule has 0 aliphatic rings. The Hall–Kier alpha value is -2.66. The van der Waals surface area contributed by atoms with Gasteiger partial charge in [-0.2, -0.15) is 0 Å². The first kappa shape index (κ1) is 17.7. The van der Waals surface area contributed by atoms with Crippen LogP contribution in [-0.4, -0.2) is 27.1 Å². The Bertz CT molecular complexity index is 759. The largest absolute Gasteiger partial charge is 0.495 e. The summed E-state index contributed by atoms with van der Waals surface area (Å²) in [6.07, 6.45) is 2.95. The number of halogens is 1. The van der Waals surface area contributed by atoms with Crippen molar-refractivity contribution in [3.63, 3.8) is 0 Å². The lowest BCUT2D eigenvalue weighted by Crippen LogP contribution is -1.99.